The van der Waals surface area contributed by atoms with Gasteiger partial charge in [0.15, 0.2) is 0 Å². The third-order valence-electron chi connectivity index (χ3n) is 3.46. The summed E-state index contributed by atoms with van der Waals surface area (Å²) in [5, 5.41) is 18.4. The molecule has 108 valence electrons. The summed E-state index contributed by atoms with van der Waals surface area (Å²) in [7, 11) is -3.44. The predicted octanol–water partition coefficient (Wildman–Crippen LogP) is 1.26. The number of hydrogen-bond donors (Lipinski definition) is 2. The smallest absolute Gasteiger partial charge is 0.212 e. The van der Waals surface area contributed by atoms with Crippen molar-refractivity contribution in [3.63, 3.8) is 0 Å². The summed E-state index contributed by atoms with van der Waals surface area (Å²) in [6.07, 6.45) is 1.14. The molecule has 0 aromatic heterocycles. The molecule has 0 radical (unpaired) electrons. The number of nitrogens with zero attached hydrogens (tertiary/aromatic N) is 1. The first-order valence-electron chi connectivity index (χ1n) is 6.66. The third-order valence-corrected chi connectivity index (χ3v) is 4.90. The third kappa shape index (κ3) is 3.57. The molecule has 2 rings (SSSR count). The van der Waals surface area contributed by atoms with Crippen LogP contribution in [0, 0.1) is 11.3 Å². The SMILES string of the molecule is N#CCCCCS(=O)(=O)N[C@H]1c2ccccc2C[C@H]1O. The number of aliphatic hydroxyl groups is 1. The van der Waals surface area contributed by atoms with Crippen molar-refractivity contribution < 1.29 is 13.5 Å². The summed E-state index contributed by atoms with van der Waals surface area (Å²) in [6, 6.07) is 8.89. The maximum atomic E-state index is 12.0. The van der Waals surface area contributed by atoms with Crippen LogP contribution in [0.15, 0.2) is 24.3 Å². The highest BCUT2D eigenvalue weighted by Crippen LogP contribution is 2.31. The van der Waals surface area contributed by atoms with Crippen molar-refractivity contribution in [2.45, 2.75) is 37.8 Å². The first-order chi connectivity index (χ1) is 9.53. The van der Waals surface area contributed by atoms with Crippen molar-refractivity contribution in [2.24, 2.45) is 0 Å². The van der Waals surface area contributed by atoms with Crippen LogP contribution >= 0.6 is 0 Å². The van der Waals surface area contributed by atoms with Crippen molar-refractivity contribution >= 4 is 10.0 Å². The van der Waals surface area contributed by atoms with E-state index in [-0.39, 0.29) is 5.75 Å². The Morgan fingerprint density at radius 1 is 1.35 bits per heavy atom. The standard InChI is InChI=1S/C14H18N2O3S/c15-8-4-1-5-9-20(18,19)16-14-12-7-3-2-6-11(12)10-13(14)17/h2-3,6-7,13-14,16-17H,1,4-5,9-10H2/t13-,14+/m1/s1. The Morgan fingerprint density at radius 3 is 2.85 bits per heavy atom. The van der Waals surface area contributed by atoms with Crippen LogP contribution in [0.4, 0.5) is 0 Å². The zero-order valence-corrected chi connectivity index (χ0v) is 11.9. The minimum atomic E-state index is -3.44. The summed E-state index contributed by atoms with van der Waals surface area (Å²) in [5.41, 5.74) is 1.83. The number of nitrogens with one attached hydrogen (secondary N) is 1. The fraction of sp³-hybridized carbons (Fsp3) is 0.500. The van der Waals surface area contributed by atoms with Gasteiger partial charge >= 0.3 is 0 Å². The molecule has 0 heterocycles. The molecule has 0 unspecified atom stereocenters. The Kier molecular flexibility index (Phi) is 4.76. The molecule has 0 aliphatic heterocycles. The summed E-state index contributed by atoms with van der Waals surface area (Å²) in [6.45, 7) is 0. The van der Waals surface area contributed by atoms with E-state index in [1.54, 1.807) is 0 Å². The molecule has 2 N–H and O–H groups in total. The van der Waals surface area contributed by atoms with Gasteiger partial charge in [0.25, 0.3) is 0 Å². The normalized spacial score (nSPS) is 21.4. The monoisotopic (exact) mass is 294 g/mol. The molecule has 2 atom stereocenters. The number of sulfonamides is 1. The largest absolute Gasteiger partial charge is 0.391 e. The van der Waals surface area contributed by atoms with Crippen molar-refractivity contribution in [3.8, 4) is 6.07 Å². The predicted molar refractivity (Wildman–Crippen MR) is 75.3 cm³/mol. The van der Waals surface area contributed by atoms with Crippen molar-refractivity contribution in [1.29, 1.82) is 5.26 Å². The minimum Gasteiger partial charge on any atom is -0.391 e. The van der Waals surface area contributed by atoms with Gasteiger partial charge in [-0.15, -0.1) is 0 Å². The number of fused-ring (bicyclic) bond motifs is 1. The van der Waals surface area contributed by atoms with Gasteiger partial charge in [-0.25, -0.2) is 13.1 Å². The van der Waals surface area contributed by atoms with Crippen molar-refractivity contribution in [1.82, 2.24) is 4.72 Å². The van der Waals surface area contributed by atoms with Crippen LogP contribution in [0.1, 0.15) is 36.4 Å². The lowest BCUT2D eigenvalue weighted by Gasteiger charge is -2.17. The summed E-state index contributed by atoms with van der Waals surface area (Å²) in [4.78, 5) is 0. The number of nitriles is 1. The molecule has 5 nitrogen and oxygen atoms in total. The van der Waals surface area contributed by atoms with Gasteiger partial charge in [-0.05, 0) is 24.0 Å². The van der Waals surface area contributed by atoms with E-state index in [0.717, 1.165) is 11.1 Å². The lowest BCUT2D eigenvalue weighted by molar-refractivity contribution is 0.151. The number of unbranched alkanes of at least 4 members (excludes halogenated alkanes) is 2. The first-order valence-corrected chi connectivity index (χ1v) is 8.31. The van der Waals surface area contributed by atoms with E-state index in [9.17, 15) is 13.5 Å². The molecule has 1 aromatic carbocycles. The molecule has 0 saturated heterocycles. The number of rotatable bonds is 6. The summed E-state index contributed by atoms with van der Waals surface area (Å²) in [5.74, 6) is -0.0138. The second-order valence-electron chi connectivity index (χ2n) is 5.00. The molecular formula is C14H18N2O3S. The van der Waals surface area contributed by atoms with Gasteiger partial charge < -0.3 is 5.11 Å². The zero-order chi connectivity index (χ0) is 14.6. The highest BCUT2D eigenvalue weighted by atomic mass is 32.2. The Hall–Kier alpha value is -1.42. The van der Waals surface area contributed by atoms with Gasteiger partial charge in [0.05, 0.1) is 24.0 Å². The molecule has 0 saturated carbocycles. The molecule has 0 spiro atoms. The second-order valence-corrected chi connectivity index (χ2v) is 6.87. The van der Waals surface area contributed by atoms with E-state index < -0.39 is 22.2 Å². The van der Waals surface area contributed by atoms with E-state index in [2.05, 4.69) is 4.72 Å². The summed E-state index contributed by atoms with van der Waals surface area (Å²) >= 11 is 0. The maximum absolute atomic E-state index is 12.0. The molecular weight excluding hydrogens is 276 g/mol. The van der Waals surface area contributed by atoms with Crippen LogP contribution < -0.4 is 4.72 Å². The van der Waals surface area contributed by atoms with Crippen LogP contribution in [-0.4, -0.2) is 25.4 Å². The zero-order valence-electron chi connectivity index (χ0n) is 11.1. The molecule has 0 amide bonds. The molecule has 1 aliphatic carbocycles. The molecule has 0 fully saturated rings. The molecule has 20 heavy (non-hydrogen) atoms. The van der Waals surface area contributed by atoms with E-state index in [0.29, 0.717) is 25.7 Å². The van der Waals surface area contributed by atoms with E-state index in [1.165, 1.54) is 0 Å². The highest BCUT2D eigenvalue weighted by molar-refractivity contribution is 7.89. The van der Waals surface area contributed by atoms with Gasteiger partial charge in [0, 0.05) is 12.8 Å². The van der Waals surface area contributed by atoms with Crippen LogP contribution in [0.2, 0.25) is 0 Å². The van der Waals surface area contributed by atoms with E-state index in [4.69, 9.17) is 5.26 Å². The Bertz CT molecular complexity index is 607. The topological polar surface area (TPSA) is 90.2 Å². The van der Waals surface area contributed by atoms with Crippen LogP contribution in [0.5, 0.6) is 0 Å². The van der Waals surface area contributed by atoms with Crippen LogP contribution in [0.25, 0.3) is 0 Å². The fourth-order valence-electron chi connectivity index (χ4n) is 2.46. The van der Waals surface area contributed by atoms with Gasteiger partial charge in [-0.3, -0.25) is 0 Å². The Balaban J connectivity index is 2.01. The minimum absolute atomic E-state index is 0.0138. The highest BCUT2D eigenvalue weighted by Gasteiger charge is 2.33. The average molecular weight is 294 g/mol. The maximum Gasteiger partial charge on any atom is 0.212 e. The number of hydrogen-bond acceptors (Lipinski definition) is 4. The lowest BCUT2D eigenvalue weighted by Crippen LogP contribution is -2.35. The van der Waals surface area contributed by atoms with Crippen LogP contribution in [0.3, 0.4) is 0 Å². The average Bonchev–Trinajstić information content (AvgIpc) is 2.71. The molecule has 1 aliphatic rings. The number of aliphatic hydroxyl groups excluding tert-OH is 1. The van der Waals surface area contributed by atoms with Gasteiger partial charge in [-0.2, -0.15) is 5.26 Å². The van der Waals surface area contributed by atoms with Crippen molar-refractivity contribution in [2.75, 3.05) is 5.75 Å². The molecule has 1 aromatic rings. The summed E-state index contributed by atoms with van der Waals surface area (Å²) < 4.78 is 26.6. The van der Waals surface area contributed by atoms with Crippen molar-refractivity contribution in [3.05, 3.63) is 35.4 Å². The Morgan fingerprint density at radius 2 is 2.10 bits per heavy atom. The van der Waals surface area contributed by atoms with Gasteiger partial charge in [0.1, 0.15) is 0 Å². The fourth-order valence-corrected chi connectivity index (χ4v) is 3.84. The number of benzene rings is 1. The lowest BCUT2D eigenvalue weighted by atomic mass is 10.1. The second kappa shape index (κ2) is 6.35. The van der Waals surface area contributed by atoms with E-state index >= 15 is 0 Å². The van der Waals surface area contributed by atoms with Gasteiger partial charge in [0.2, 0.25) is 10.0 Å². The molecule has 0 bridgehead atoms. The Labute approximate surface area is 119 Å². The van der Waals surface area contributed by atoms with Crippen LogP contribution in [-0.2, 0) is 16.4 Å². The quantitative estimate of drug-likeness (QED) is 0.773. The van der Waals surface area contributed by atoms with Gasteiger partial charge in [-0.1, -0.05) is 24.3 Å². The molecule has 6 heteroatoms. The van der Waals surface area contributed by atoms with E-state index in [1.807, 2.05) is 30.3 Å². The first kappa shape index (κ1) is 15.0.